The number of nitrogens with zero attached hydrogens (tertiary/aromatic N) is 2. The number of fused-ring (bicyclic) bond motifs is 1. The largest absolute Gasteiger partial charge is 0.343 e. The lowest BCUT2D eigenvalue weighted by molar-refractivity contribution is -0.130. The van der Waals surface area contributed by atoms with Crippen LogP contribution in [0.2, 0.25) is 0 Å². The summed E-state index contributed by atoms with van der Waals surface area (Å²) in [7, 11) is 1.73. The minimum atomic E-state index is -0.610. The average Bonchev–Trinajstić information content (AvgIpc) is 3.29. The number of likely N-dealkylation sites (N-methyl/N-ethyl adjacent to an activating group) is 1. The highest BCUT2D eigenvalue weighted by Gasteiger charge is 2.38. The Bertz CT molecular complexity index is 1040. The first-order valence-corrected chi connectivity index (χ1v) is 12.0. The van der Waals surface area contributed by atoms with Crippen LogP contribution in [0.4, 0.5) is 5.69 Å². The molecule has 7 nitrogen and oxygen atoms in total. The molecule has 0 radical (unpaired) electrons. The second kappa shape index (κ2) is 10.3. The van der Waals surface area contributed by atoms with Gasteiger partial charge in [-0.1, -0.05) is 49.6 Å². The number of carbonyl (C=O) groups is 2. The number of amides is 2. The topological polar surface area (TPSA) is 83.4 Å². The molecule has 4 rings (SSSR count). The van der Waals surface area contributed by atoms with Crippen LogP contribution in [0.1, 0.15) is 50.2 Å². The van der Waals surface area contributed by atoms with E-state index in [9.17, 15) is 14.4 Å². The Labute approximate surface area is 195 Å². The van der Waals surface area contributed by atoms with Gasteiger partial charge in [-0.3, -0.25) is 14.4 Å². The van der Waals surface area contributed by atoms with Gasteiger partial charge in [0, 0.05) is 12.7 Å². The Morgan fingerprint density at radius 1 is 1.09 bits per heavy atom. The quantitative estimate of drug-likeness (QED) is 0.679. The van der Waals surface area contributed by atoms with Crippen molar-refractivity contribution in [2.24, 2.45) is 5.92 Å². The molecular formula is C26H34N4O3. The van der Waals surface area contributed by atoms with Crippen molar-refractivity contribution in [1.29, 1.82) is 0 Å². The maximum Gasteiger partial charge on any atom is 0.275 e. The molecule has 0 bridgehead atoms. The van der Waals surface area contributed by atoms with E-state index in [0.717, 1.165) is 43.2 Å². The maximum atomic E-state index is 13.8. The molecular weight excluding hydrogens is 416 g/mol. The second-order valence-corrected chi connectivity index (χ2v) is 9.24. The van der Waals surface area contributed by atoms with Gasteiger partial charge in [0.05, 0.1) is 12.6 Å². The van der Waals surface area contributed by atoms with E-state index in [1.54, 1.807) is 23.4 Å². The summed E-state index contributed by atoms with van der Waals surface area (Å²) in [5, 5.41) is 5.96. The molecule has 2 atom stereocenters. The molecule has 2 N–H and O–H groups in total. The van der Waals surface area contributed by atoms with Gasteiger partial charge in [0.2, 0.25) is 11.8 Å². The third kappa shape index (κ3) is 5.03. The van der Waals surface area contributed by atoms with E-state index in [1.807, 2.05) is 42.6 Å². The van der Waals surface area contributed by atoms with Gasteiger partial charge in [0.15, 0.2) is 0 Å². The van der Waals surface area contributed by atoms with Gasteiger partial charge in [-0.2, -0.15) is 0 Å². The van der Waals surface area contributed by atoms with Gasteiger partial charge in [-0.25, -0.2) is 0 Å². The summed E-state index contributed by atoms with van der Waals surface area (Å²) in [6, 6.07) is 10.8. The number of hydrogen-bond donors (Lipinski definition) is 2. The maximum absolute atomic E-state index is 13.8. The third-order valence-electron chi connectivity index (χ3n) is 7.07. The van der Waals surface area contributed by atoms with Gasteiger partial charge in [-0.05, 0) is 56.3 Å². The Kier molecular flexibility index (Phi) is 7.28. The normalized spacial score (nSPS) is 17.9. The Morgan fingerprint density at radius 3 is 2.52 bits per heavy atom. The van der Waals surface area contributed by atoms with Crippen molar-refractivity contribution in [3.8, 4) is 0 Å². The summed E-state index contributed by atoms with van der Waals surface area (Å²) < 4.78 is 1.66. The zero-order valence-corrected chi connectivity index (χ0v) is 19.5. The molecule has 2 aromatic rings. The molecule has 7 heteroatoms. The van der Waals surface area contributed by atoms with Crippen molar-refractivity contribution in [2.45, 2.75) is 64.1 Å². The van der Waals surface area contributed by atoms with E-state index in [-0.39, 0.29) is 23.3 Å². The molecule has 2 aliphatic rings. The van der Waals surface area contributed by atoms with E-state index in [0.29, 0.717) is 25.2 Å². The van der Waals surface area contributed by atoms with Crippen molar-refractivity contribution in [3.05, 3.63) is 64.1 Å². The fourth-order valence-electron chi connectivity index (χ4n) is 4.99. The predicted molar refractivity (Wildman–Crippen MR) is 129 cm³/mol. The predicted octanol–water partition coefficient (Wildman–Crippen LogP) is 2.46. The van der Waals surface area contributed by atoms with E-state index in [1.165, 1.54) is 0 Å². The zero-order valence-electron chi connectivity index (χ0n) is 19.5. The lowest BCUT2D eigenvalue weighted by Crippen LogP contribution is -2.56. The fraction of sp³-hybridized carbons (Fsp3) is 0.500. The Balaban J connectivity index is 1.62. The van der Waals surface area contributed by atoms with E-state index < -0.39 is 12.1 Å². The van der Waals surface area contributed by atoms with E-state index in [2.05, 4.69) is 10.6 Å². The molecule has 1 fully saturated rings. The number of rotatable bonds is 7. The number of pyridine rings is 1. The second-order valence-electron chi connectivity index (χ2n) is 9.24. The lowest BCUT2D eigenvalue weighted by atomic mass is 9.83. The molecule has 0 unspecified atom stereocenters. The highest BCUT2D eigenvalue weighted by molar-refractivity contribution is 6.01. The van der Waals surface area contributed by atoms with Crippen LogP contribution >= 0.6 is 0 Å². The number of nitrogens with one attached hydrogen (secondary N) is 2. The molecule has 1 aromatic heterocycles. The number of benzene rings is 1. The van der Waals surface area contributed by atoms with Crippen molar-refractivity contribution < 1.29 is 9.59 Å². The van der Waals surface area contributed by atoms with Crippen LogP contribution in [0.5, 0.6) is 0 Å². The van der Waals surface area contributed by atoms with Crippen molar-refractivity contribution in [3.63, 3.8) is 0 Å². The van der Waals surface area contributed by atoms with Gasteiger partial charge in [-0.15, -0.1) is 0 Å². The third-order valence-corrected chi connectivity index (χ3v) is 7.07. The summed E-state index contributed by atoms with van der Waals surface area (Å²) in [6.45, 7) is 2.71. The molecule has 33 heavy (non-hydrogen) atoms. The average molecular weight is 451 g/mol. The molecule has 1 aliphatic heterocycles. The number of hydrogen-bond acceptors (Lipinski definition) is 4. The molecule has 2 heterocycles. The van der Waals surface area contributed by atoms with Gasteiger partial charge in [0.25, 0.3) is 5.56 Å². The van der Waals surface area contributed by atoms with Crippen molar-refractivity contribution >= 4 is 17.5 Å². The molecule has 176 valence electrons. The fourth-order valence-corrected chi connectivity index (χ4v) is 4.99. The summed E-state index contributed by atoms with van der Waals surface area (Å²) >= 11 is 0. The van der Waals surface area contributed by atoms with Gasteiger partial charge >= 0.3 is 0 Å². The SMILES string of the molecule is CN[C@@H](C)C(=O)N[C@H](C(=O)N1CCc2ccn(Cc3ccccc3)c(=O)c21)C1CCCCC1. The zero-order chi connectivity index (χ0) is 23.4. The van der Waals surface area contributed by atoms with Crippen LogP contribution < -0.4 is 21.1 Å². The summed E-state index contributed by atoms with van der Waals surface area (Å²) in [5.41, 5.74) is 2.24. The molecule has 1 aliphatic carbocycles. The standard InChI is InChI=1S/C26H34N4O3/c1-18(27-2)24(31)28-22(20-11-7-4-8-12-20)25(32)30-16-14-21-13-15-29(26(33)23(21)30)17-19-9-5-3-6-10-19/h3,5-6,9-10,13,15,18,20,22,27H,4,7-8,11-12,14,16-17H2,1-2H3,(H,28,31)/t18-,22-/m0/s1. The van der Waals surface area contributed by atoms with Crippen LogP contribution in [0.25, 0.3) is 0 Å². The first kappa shape index (κ1) is 23.2. The highest BCUT2D eigenvalue weighted by Crippen LogP contribution is 2.30. The number of anilines is 1. The highest BCUT2D eigenvalue weighted by atomic mass is 16.2. The van der Waals surface area contributed by atoms with Gasteiger partial charge < -0.3 is 20.1 Å². The Hall–Kier alpha value is -2.93. The molecule has 1 saturated carbocycles. The number of carbonyl (C=O) groups excluding carboxylic acids is 2. The van der Waals surface area contributed by atoms with E-state index >= 15 is 0 Å². The molecule has 0 saturated heterocycles. The lowest BCUT2D eigenvalue weighted by Gasteiger charge is -2.33. The summed E-state index contributed by atoms with van der Waals surface area (Å²) in [5.74, 6) is -0.249. The molecule has 1 aromatic carbocycles. The van der Waals surface area contributed by atoms with Crippen molar-refractivity contribution in [1.82, 2.24) is 15.2 Å². The first-order chi connectivity index (χ1) is 16.0. The minimum absolute atomic E-state index is 0.0959. The summed E-state index contributed by atoms with van der Waals surface area (Å²) in [4.78, 5) is 41.6. The van der Waals surface area contributed by atoms with Crippen LogP contribution in [0, 0.1) is 5.92 Å². The smallest absolute Gasteiger partial charge is 0.275 e. The van der Waals surface area contributed by atoms with E-state index in [4.69, 9.17) is 0 Å². The first-order valence-electron chi connectivity index (χ1n) is 12.0. The monoisotopic (exact) mass is 450 g/mol. The van der Waals surface area contributed by atoms with Crippen molar-refractivity contribution in [2.75, 3.05) is 18.5 Å². The Morgan fingerprint density at radius 2 is 1.82 bits per heavy atom. The van der Waals surface area contributed by atoms with Crippen LogP contribution in [0.3, 0.4) is 0 Å². The summed E-state index contributed by atoms with van der Waals surface area (Å²) in [6.07, 6.45) is 7.59. The van der Waals surface area contributed by atoms with Crippen LogP contribution in [-0.2, 0) is 22.6 Å². The minimum Gasteiger partial charge on any atom is -0.343 e. The van der Waals surface area contributed by atoms with Gasteiger partial charge in [0.1, 0.15) is 11.7 Å². The van der Waals surface area contributed by atoms with Crippen LogP contribution in [-0.4, -0.2) is 42.1 Å². The number of aromatic nitrogens is 1. The van der Waals surface area contributed by atoms with Crippen LogP contribution in [0.15, 0.2) is 47.4 Å². The molecule has 2 amide bonds. The molecule has 0 spiro atoms.